The van der Waals surface area contributed by atoms with Gasteiger partial charge in [0.1, 0.15) is 0 Å². The normalized spacial score (nSPS) is 13.0. The molecule has 0 radical (unpaired) electrons. The Morgan fingerprint density at radius 3 is 1.93 bits per heavy atom. The molecular weight excluding hydrogens is 389 g/mol. The third-order valence-corrected chi connectivity index (χ3v) is 3.72. The highest BCUT2D eigenvalue weighted by atomic mass is 19.2. The zero-order chi connectivity index (χ0) is 21.0. The maximum absolute atomic E-state index is 14.0. The van der Waals surface area contributed by atoms with Crippen molar-refractivity contribution in [3.8, 4) is 0 Å². The standard InChI is InChI=1S/C18H14F5NO4/c1-8(26)28-17(9-5-3-2-4-6-9)18(27)24-10(7-25)11-12(19)14(21)16(23)15(22)13(11)20/h2-6,10,17,25H,7H2,1H3,(H,24,27)/t10-,17-/m0/s1. The minimum Gasteiger partial charge on any atom is -0.447 e. The van der Waals surface area contributed by atoms with Gasteiger partial charge in [-0.25, -0.2) is 22.0 Å². The molecule has 0 saturated heterocycles. The number of hydrogen-bond donors (Lipinski definition) is 2. The Morgan fingerprint density at radius 2 is 1.46 bits per heavy atom. The second-order valence-corrected chi connectivity index (χ2v) is 5.63. The number of aliphatic hydroxyl groups is 1. The lowest BCUT2D eigenvalue weighted by Gasteiger charge is -2.23. The number of hydrogen-bond acceptors (Lipinski definition) is 4. The third-order valence-electron chi connectivity index (χ3n) is 3.72. The van der Waals surface area contributed by atoms with Crippen LogP contribution in [0.25, 0.3) is 0 Å². The van der Waals surface area contributed by atoms with Crippen molar-refractivity contribution in [3.63, 3.8) is 0 Å². The largest absolute Gasteiger partial charge is 0.447 e. The van der Waals surface area contributed by atoms with Crippen molar-refractivity contribution in [2.45, 2.75) is 19.1 Å². The molecule has 2 rings (SSSR count). The van der Waals surface area contributed by atoms with E-state index in [-0.39, 0.29) is 5.56 Å². The van der Waals surface area contributed by atoms with Crippen LogP contribution in [0.2, 0.25) is 0 Å². The summed E-state index contributed by atoms with van der Waals surface area (Å²) in [7, 11) is 0. The van der Waals surface area contributed by atoms with E-state index < -0.39 is 65.3 Å². The van der Waals surface area contributed by atoms with Gasteiger partial charge in [0.25, 0.3) is 5.91 Å². The average molecular weight is 403 g/mol. The molecule has 2 aromatic rings. The number of amides is 1. The van der Waals surface area contributed by atoms with Crippen molar-refractivity contribution in [2.75, 3.05) is 6.61 Å². The Hall–Kier alpha value is -3.01. The molecule has 0 aromatic heterocycles. The lowest BCUT2D eigenvalue weighted by atomic mass is 10.0. The van der Waals surface area contributed by atoms with Gasteiger partial charge in [-0.3, -0.25) is 9.59 Å². The zero-order valence-corrected chi connectivity index (χ0v) is 14.3. The van der Waals surface area contributed by atoms with Gasteiger partial charge in [-0.1, -0.05) is 30.3 Å². The molecule has 2 aromatic carbocycles. The van der Waals surface area contributed by atoms with Crippen LogP contribution in [-0.4, -0.2) is 23.6 Å². The average Bonchev–Trinajstić information content (AvgIpc) is 2.68. The summed E-state index contributed by atoms with van der Waals surface area (Å²) in [4.78, 5) is 23.8. The summed E-state index contributed by atoms with van der Waals surface area (Å²) in [5.74, 6) is -13.2. The first-order valence-electron chi connectivity index (χ1n) is 7.83. The minimum atomic E-state index is -2.37. The molecule has 0 heterocycles. The molecule has 2 atom stereocenters. The fraction of sp³-hybridized carbons (Fsp3) is 0.222. The van der Waals surface area contributed by atoms with Crippen LogP contribution in [-0.2, 0) is 14.3 Å². The van der Waals surface area contributed by atoms with Gasteiger partial charge < -0.3 is 15.2 Å². The molecule has 5 nitrogen and oxygen atoms in total. The van der Waals surface area contributed by atoms with E-state index in [4.69, 9.17) is 4.74 Å². The highest BCUT2D eigenvalue weighted by Crippen LogP contribution is 2.28. The van der Waals surface area contributed by atoms with Gasteiger partial charge in [0.05, 0.1) is 18.2 Å². The molecule has 0 aliphatic carbocycles. The van der Waals surface area contributed by atoms with E-state index in [1.165, 1.54) is 24.3 Å². The second-order valence-electron chi connectivity index (χ2n) is 5.63. The van der Waals surface area contributed by atoms with E-state index >= 15 is 0 Å². The highest BCUT2D eigenvalue weighted by molar-refractivity contribution is 5.85. The molecule has 150 valence electrons. The molecule has 0 saturated carbocycles. The summed E-state index contributed by atoms with van der Waals surface area (Å²) in [6, 6.07) is 5.50. The van der Waals surface area contributed by atoms with Gasteiger partial charge in [-0.15, -0.1) is 0 Å². The highest BCUT2D eigenvalue weighted by Gasteiger charge is 2.33. The van der Waals surface area contributed by atoms with Crippen molar-refractivity contribution >= 4 is 11.9 Å². The van der Waals surface area contributed by atoms with E-state index in [1.54, 1.807) is 6.07 Å². The topological polar surface area (TPSA) is 75.6 Å². The number of rotatable bonds is 6. The van der Waals surface area contributed by atoms with Crippen LogP contribution in [0.1, 0.15) is 30.2 Å². The Labute approximate surface area is 155 Å². The van der Waals surface area contributed by atoms with E-state index in [0.717, 1.165) is 6.92 Å². The van der Waals surface area contributed by atoms with Crippen LogP contribution in [0.3, 0.4) is 0 Å². The van der Waals surface area contributed by atoms with Crippen molar-refractivity contribution in [1.29, 1.82) is 0 Å². The molecule has 0 bridgehead atoms. The molecule has 0 aliphatic heterocycles. The number of aliphatic hydroxyl groups excluding tert-OH is 1. The van der Waals surface area contributed by atoms with Gasteiger partial charge in [-0.05, 0) is 0 Å². The van der Waals surface area contributed by atoms with E-state index in [1.807, 2.05) is 5.32 Å². The van der Waals surface area contributed by atoms with Crippen molar-refractivity contribution < 1.29 is 41.4 Å². The van der Waals surface area contributed by atoms with Crippen molar-refractivity contribution in [3.05, 3.63) is 70.5 Å². The lowest BCUT2D eigenvalue weighted by Crippen LogP contribution is -2.37. The van der Waals surface area contributed by atoms with Crippen molar-refractivity contribution in [1.82, 2.24) is 5.32 Å². The Bertz CT molecular complexity index is 862. The molecule has 0 fully saturated rings. The predicted molar refractivity (Wildman–Crippen MR) is 85.2 cm³/mol. The number of esters is 1. The maximum atomic E-state index is 14.0. The lowest BCUT2D eigenvalue weighted by molar-refractivity contribution is -0.154. The third kappa shape index (κ3) is 4.28. The van der Waals surface area contributed by atoms with Crippen molar-refractivity contribution in [2.24, 2.45) is 0 Å². The number of ether oxygens (including phenoxy) is 1. The van der Waals surface area contributed by atoms with Gasteiger partial charge in [-0.2, -0.15) is 0 Å². The summed E-state index contributed by atoms with van der Waals surface area (Å²) in [6.45, 7) is -0.178. The predicted octanol–water partition coefficient (Wildman–Crippen LogP) is 2.84. The molecule has 0 unspecified atom stereocenters. The molecule has 0 aliphatic rings. The minimum absolute atomic E-state index is 0.185. The summed E-state index contributed by atoms with van der Waals surface area (Å²) in [5.41, 5.74) is -1.23. The van der Waals surface area contributed by atoms with Crippen LogP contribution in [0.15, 0.2) is 30.3 Å². The first kappa shape index (κ1) is 21.3. The quantitative estimate of drug-likeness (QED) is 0.337. The molecule has 28 heavy (non-hydrogen) atoms. The summed E-state index contributed by atoms with van der Waals surface area (Å²) >= 11 is 0. The first-order chi connectivity index (χ1) is 13.2. The Morgan fingerprint density at radius 1 is 0.964 bits per heavy atom. The van der Waals surface area contributed by atoms with Gasteiger partial charge in [0.15, 0.2) is 23.3 Å². The molecule has 10 heteroatoms. The number of carbonyl (C=O) groups excluding carboxylic acids is 2. The Kier molecular flexibility index (Phi) is 6.68. The summed E-state index contributed by atoms with van der Waals surface area (Å²) in [6.07, 6.45) is -1.57. The fourth-order valence-electron chi connectivity index (χ4n) is 2.45. The van der Waals surface area contributed by atoms with Gasteiger partial charge in [0, 0.05) is 12.5 Å². The van der Waals surface area contributed by atoms with Gasteiger partial charge >= 0.3 is 5.97 Å². The number of halogens is 5. The second kappa shape index (κ2) is 8.79. The fourth-order valence-corrected chi connectivity index (χ4v) is 2.45. The van der Waals surface area contributed by atoms with Crippen LogP contribution < -0.4 is 5.32 Å². The molecule has 2 N–H and O–H groups in total. The number of nitrogens with one attached hydrogen (secondary N) is 1. The summed E-state index contributed by atoms with van der Waals surface area (Å²) in [5, 5.41) is 11.3. The number of benzene rings is 2. The van der Waals surface area contributed by atoms with E-state index in [9.17, 15) is 36.6 Å². The van der Waals surface area contributed by atoms with Crippen LogP contribution in [0.5, 0.6) is 0 Å². The van der Waals surface area contributed by atoms with Crippen LogP contribution in [0, 0.1) is 29.1 Å². The van der Waals surface area contributed by atoms with Crippen LogP contribution in [0.4, 0.5) is 22.0 Å². The zero-order valence-electron chi connectivity index (χ0n) is 14.3. The van der Waals surface area contributed by atoms with Gasteiger partial charge in [0.2, 0.25) is 11.9 Å². The first-order valence-corrected chi connectivity index (χ1v) is 7.83. The van der Waals surface area contributed by atoms with Crippen LogP contribution >= 0.6 is 0 Å². The number of carbonyl (C=O) groups is 2. The Balaban J connectivity index is 2.41. The smallest absolute Gasteiger partial charge is 0.303 e. The van der Waals surface area contributed by atoms with E-state index in [0.29, 0.717) is 0 Å². The maximum Gasteiger partial charge on any atom is 0.303 e. The molecule has 0 spiro atoms. The molecular formula is C18H14F5NO4. The van der Waals surface area contributed by atoms with E-state index in [2.05, 4.69) is 0 Å². The monoisotopic (exact) mass is 403 g/mol. The summed E-state index contributed by atoms with van der Waals surface area (Å²) < 4.78 is 72.8. The molecule has 1 amide bonds. The SMILES string of the molecule is CC(=O)O[C@H](C(=O)N[C@@H](CO)c1c(F)c(F)c(F)c(F)c1F)c1ccccc1.